The van der Waals surface area contributed by atoms with Crippen LogP contribution in [0.3, 0.4) is 0 Å². The van der Waals surface area contributed by atoms with Crippen LogP contribution in [-0.2, 0) is 12.7 Å². The maximum Gasteiger partial charge on any atom is 0.416 e. The number of H-pyrrole nitrogens is 1. The van der Waals surface area contributed by atoms with E-state index in [1.807, 2.05) is 11.0 Å². The van der Waals surface area contributed by atoms with E-state index < -0.39 is 23.0 Å². The molecule has 1 aliphatic rings. The van der Waals surface area contributed by atoms with Gasteiger partial charge in [-0.3, -0.25) is 14.3 Å². The summed E-state index contributed by atoms with van der Waals surface area (Å²) < 4.78 is 39.8. The molecule has 10 heteroatoms. The zero-order valence-electron chi connectivity index (χ0n) is 14.2. The van der Waals surface area contributed by atoms with Gasteiger partial charge in [-0.15, -0.1) is 0 Å². The van der Waals surface area contributed by atoms with Crippen molar-refractivity contribution in [2.45, 2.75) is 12.7 Å². The van der Waals surface area contributed by atoms with Gasteiger partial charge >= 0.3 is 11.9 Å². The summed E-state index contributed by atoms with van der Waals surface area (Å²) in [4.78, 5) is 29.3. The second-order valence-corrected chi connectivity index (χ2v) is 6.06. The highest BCUT2D eigenvalue weighted by Crippen LogP contribution is 2.32. The fourth-order valence-electron chi connectivity index (χ4n) is 3.07. The molecule has 1 N–H and O–H groups in total. The lowest BCUT2D eigenvalue weighted by atomic mass is 10.1. The number of anilines is 2. The third-order valence-electron chi connectivity index (χ3n) is 4.38. The topological polar surface area (TPSA) is 85.1 Å². The minimum absolute atomic E-state index is 0.210. The van der Waals surface area contributed by atoms with Crippen molar-refractivity contribution in [3.8, 4) is 6.07 Å². The Bertz CT molecular complexity index is 982. The highest BCUT2D eigenvalue weighted by Gasteiger charge is 2.31. The molecule has 1 aliphatic heterocycles. The lowest BCUT2D eigenvalue weighted by Gasteiger charge is -2.37. The van der Waals surface area contributed by atoms with E-state index in [2.05, 4.69) is 4.98 Å². The predicted octanol–water partition coefficient (Wildman–Crippen LogP) is 1.41. The van der Waals surface area contributed by atoms with E-state index in [0.29, 0.717) is 37.7 Å². The second kappa shape index (κ2) is 7.19. The molecule has 0 atom stereocenters. The Hall–Kier alpha value is -3.22. The minimum atomic E-state index is -4.41. The Balaban J connectivity index is 1.80. The fraction of sp³-hybridized carbons (Fsp3) is 0.353. The molecule has 1 aromatic carbocycles. The van der Waals surface area contributed by atoms with Crippen LogP contribution in [0, 0.1) is 11.3 Å². The molecule has 1 fully saturated rings. The van der Waals surface area contributed by atoms with Gasteiger partial charge in [-0.25, -0.2) is 4.79 Å². The number of aromatic amines is 1. The number of halogens is 3. The van der Waals surface area contributed by atoms with Crippen LogP contribution in [-0.4, -0.2) is 35.7 Å². The predicted molar refractivity (Wildman–Crippen MR) is 92.8 cm³/mol. The van der Waals surface area contributed by atoms with Crippen molar-refractivity contribution in [3.05, 3.63) is 56.7 Å². The molecule has 0 unspecified atom stereocenters. The number of nitrogens with zero attached hydrogens (tertiary/aromatic N) is 4. The third kappa shape index (κ3) is 3.97. The summed E-state index contributed by atoms with van der Waals surface area (Å²) in [6.07, 6.45) is -4.41. The maximum absolute atomic E-state index is 12.9. The summed E-state index contributed by atoms with van der Waals surface area (Å²) >= 11 is 0. The molecular formula is C17H16F3N5O2. The van der Waals surface area contributed by atoms with E-state index in [1.165, 1.54) is 16.7 Å². The van der Waals surface area contributed by atoms with Gasteiger partial charge in [-0.05, 0) is 18.2 Å². The number of nitrogens with one attached hydrogen (secondary N) is 1. The molecule has 1 saturated heterocycles. The normalized spacial score (nSPS) is 14.9. The number of hydrogen-bond acceptors (Lipinski definition) is 5. The summed E-state index contributed by atoms with van der Waals surface area (Å²) in [6.45, 7) is 1.40. The van der Waals surface area contributed by atoms with E-state index in [1.54, 1.807) is 11.0 Å². The van der Waals surface area contributed by atoms with Crippen molar-refractivity contribution in [2.24, 2.45) is 0 Å². The largest absolute Gasteiger partial charge is 0.416 e. The molecule has 7 nitrogen and oxygen atoms in total. The second-order valence-electron chi connectivity index (χ2n) is 6.06. The zero-order valence-corrected chi connectivity index (χ0v) is 14.2. The molecule has 0 aliphatic carbocycles. The number of rotatable bonds is 3. The SMILES string of the molecule is N#CCn1c(N2CCN(c3cccc(C(F)(F)F)c3)CC2)cc(=O)[nH]c1=O. The van der Waals surface area contributed by atoms with Crippen LogP contribution in [0.15, 0.2) is 39.9 Å². The Labute approximate surface area is 151 Å². The number of aromatic nitrogens is 2. The van der Waals surface area contributed by atoms with Gasteiger partial charge in [-0.2, -0.15) is 18.4 Å². The first-order valence-electron chi connectivity index (χ1n) is 8.18. The van der Waals surface area contributed by atoms with Gasteiger partial charge in [0.1, 0.15) is 12.4 Å². The summed E-state index contributed by atoms with van der Waals surface area (Å²) in [5, 5.41) is 8.90. The molecule has 0 saturated carbocycles. The van der Waals surface area contributed by atoms with Crippen molar-refractivity contribution in [2.75, 3.05) is 36.0 Å². The van der Waals surface area contributed by atoms with Crippen molar-refractivity contribution in [3.63, 3.8) is 0 Å². The zero-order chi connectivity index (χ0) is 19.6. The molecule has 2 heterocycles. The molecule has 27 heavy (non-hydrogen) atoms. The summed E-state index contributed by atoms with van der Waals surface area (Å²) in [7, 11) is 0. The Morgan fingerprint density at radius 3 is 2.37 bits per heavy atom. The van der Waals surface area contributed by atoms with Crippen molar-refractivity contribution in [1.82, 2.24) is 9.55 Å². The van der Waals surface area contributed by atoms with E-state index in [0.717, 1.165) is 12.1 Å². The van der Waals surface area contributed by atoms with Crippen molar-refractivity contribution >= 4 is 11.5 Å². The lowest BCUT2D eigenvalue weighted by molar-refractivity contribution is -0.137. The van der Waals surface area contributed by atoms with Gasteiger partial charge in [0.25, 0.3) is 5.56 Å². The molecule has 142 valence electrons. The van der Waals surface area contributed by atoms with Gasteiger partial charge in [-0.1, -0.05) is 6.07 Å². The lowest BCUT2D eigenvalue weighted by Crippen LogP contribution is -2.49. The van der Waals surface area contributed by atoms with Crippen LogP contribution in [0.2, 0.25) is 0 Å². The number of hydrogen-bond donors (Lipinski definition) is 1. The first-order valence-corrected chi connectivity index (χ1v) is 8.18. The molecule has 0 spiro atoms. The summed E-state index contributed by atoms with van der Waals surface area (Å²) in [5.41, 5.74) is -1.48. The quantitative estimate of drug-likeness (QED) is 0.872. The Morgan fingerprint density at radius 2 is 1.74 bits per heavy atom. The summed E-state index contributed by atoms with van der Waals surface area (Å²) in [5.74, 6) is 0.328. The first kappa shape index (κ1) is 18.6. The highest BCUT2D eigenvalue weighted by atomic mass is 19.4. The van der Waals surface area contributed by atoms with Crippen LogP contribution in [0.4, 0.5) is 24.7 Å². The van der Waals surface area contributed by atoms with Crippen LogP contribution >= 0.6 is 0 Å². The maximum atomic E-state index is 12.9. The molecule has 3 rings (SSSR count). The smallest absolute Gasteiger partial charge is 0.368 e. The molecule has 2 aromatic rings. The Kier molecular flexibility index (Phi) is 4.94. The Morgan fingerprint density at radius 1 is 1.07 bits per heavy atom. The first-order chi connectivity index (χ1) is 12.8. The molecule has 0 amide bonds. The van der Waals surface area contributed by atoms with E-state index in [4.69, 9.17) is 5.26 Å². The van der Waals surface area contributed by atoms with Crippen molar-refractivity contribution < 1.29 is 13.2 Å². The number of nitriles is 1. The van der Waals surface area contributed by atoms with Crippen LogP contribution in [0.25, 0.3) is 0 Å². The molecule has 0 radical (unpaired) electrons. The average Bonchev–Trinajstić information content (AvgIpc) is 2.63. The van der Waals surface area contributed by atoms with Gasteiger partial charge < -0.3 is 9.80 Å². The highest BCUT2D eigenvalue weighted by molar-refractivity contribution is 5.51. The van der Waals surface area contributed by atoms with Crippen LogP contribution in [0.5, 0.6) is 0 Å². The van der Waals surface area contributed by atoms with E-state index in [9.17, 15) is 22.8 Å². The molecule has 0 bridgehead atoms. The number of piperazine rings is 1. The third-order valence-corrected chi connectivity index (χ3v) is 4.38. The van der Waals surface area contributed by atoms with Gasteiger partial charge in [0.05, 0.1) is 11.6 Å². The van der Waals surface area contributed by atoms with E-state index in [-0.39, 0.29) is 6.54 Å². The van der Waals surface area contributed by atoms with Gasteiger partial charge in [0.15, 0.2) is 0 Å². The minimum Gasteiger partial charge on any atom is -0.368 e. The fourth-order valence-corrected chi connectivity index (χ4v) is 3.07. The number of benzene rings is 1. The van der Waals surface area contributed by atoms with E-state index >= 15 is 0 Å². The molecular weight excluding hydrogens is 363 g/mol. The van der Waals surface area contributed by atoms with Gasteiger partial charge in [0.2, 0.25) is 0 Å². The van der Waals surface area contributed by atoms with Crippen LogP contribution in [0.1, 0.15) is 5.56 Å². The average molecular weight is 379 g/mol. The van der Waals surface area contributed by atoms with Gasteiger partial charge in [0, 0.05) is 37.9 Å². The van der Waals surface area contributed by atoms with Crippen LogP contribution < -0.4 is 21.0 Å². The summed E-state index contributed by atoms with van der Waals surface area (Å²) in [6, 6.07) is 8.24. The van der Waals surface area contributed by atoms with Crippen molar-refractivity contribution in [1.29, 1.82) is 5.26 Å². The standard InChI is InChI=1S/C17H16F3N5O2/c18-17(19,20)12-2-1-3-13(10-12)23-6-8-24(9-7-23)15-11-14(26)22-16(27)25(15)5-4-21/h1-3,10-11H,5-9H2,(H,22,26,27). The monoisotopic (exact) mass is 379 g/mol. The molecule has 1 aromatic heterocycles. The number of alkyl halides is 3.